The quantitative estimate of drug-likeness (QED) is 0.454. The molecule has 1 aromatic heterocycles. The van der Waals surface area contributed by atoms with Crippen LogP contribution in [-0.4, -0.2) is 23.4 Å². The molecule has 0 saturated heterocycles. The van der Waals surface area contributed by atoms with Crippen LogP contribution in [0.15, 0.2) is 40.9 Å². The molecule has 0 atom stereocenters. The molecule has 20 heavy (non-hydrogen) atoms. The standard InChI is InChI=1S/C14H11IN2O2S/c15-13-7-9(8-20-13)14(18)17-6-5-11(16-19)10-3-1-2-4-12(10)17/h1-4,7-8,19H,5-6H2. The molecule has 0 aliphatic carbocycles. The van der Waals surface area contributed by atoms with Crippen molar-refractivity contribution in [2.75, 3.05) is 11.4 Å². The van der Waals surface area contributed by atoms with E-state index in [0.29, 0.717) is 24.2 Å². The molecule has 0 saturated carbocycles. The molecular formula is C14H11IN2O2S. The predicted molar refractivity (Wildman–Crippen MR) is 88.1 cm³/mol. The molecule has 4 nitrogen and oxygen atoms in total. The Bertz CT molecular complexity index is 696. The average Bonchev–Trinajstić information content (AvgIpc) is 2.92. The van der Waals surface area contributed by atoms with Gasteiger partial charge in [-0.1, -0.05) is 23.4 Å². The van der Waals surface area contributed by atoms with Crippen LogP contribution < -0.4 is 4.90 Å². The Balaban J connectivity index is 2.02. The van der Waals surface area contributed by atoms with E-state index in [1.807, 2.05) is 35.7 Å². The van der Waals surface area contributed by atoms with Crippen LogP contribution in [0.25, 0.3) is 0 Å². The monoisotopic (exact) mass is 398 g/mol. The van der Waals surface area contributed by atoms with Crippen molar-refractivity contribution in [3.8, 4) is 0 Å². The molecule has 3 rings (SSSR count). The van der Waals surface area contributed by atoms with E-state index in [1.54, 1.807) is 16.2 Å². The van der Waals surface area contributed by atoms with Crippen molar-refractivity contribution in [3.05, 3.63) is 49.7 Å². The molecule has 0 spiro atoms. The summed E-state index contributed by atoms with van der Waals surface area (Å²) in [7, 11) is 0. The highest BCUT2D eigenvalue weighted by Gasteiger charge is 2.27. The number of thiophene rings is 1. The second-order valence-corrected chi connectivity index (χ2v) is 7.22. The van der Waals surface area contributed by atoms with E-state index in [9.17, 15) is 4.79 Å². The van der Waals surface area contributed by atoms with E-state index in [0.717, 1.165) is 14.1 Å². The van der Waals surface area contributed by atoms with Gasteiger partial charge in [0, 0.05) is 23.9 Å². The lowest BCUT2D eigenvalue weighted by Gasteiger charge is -2.29. The van der Waals surface area contributed by atoms with Crippen molar-refractivity contribution in [2.45, 2.75) is 6.42 Å². The Morgan fingerprint density at radius 1 is 1.40 bits per heavy atom. The topological polar surface area (TPSA) is 52.9 Å². The Hall–Kier alpha value is -1.41. The first kappa shape index (κ1) is 13.6. The summed E-state index contributed by atoms with van der Waals surface area (Å²) >= 11 is 3.77. The van der Waals surface area contributed by atoms with Crippen LogP contribution in [-0.2, 0) is 0 Å². The normalized spacial score (nSPS) is 16.2. The van der Waals surface area contributed by atoms with Gasteiger partial charge in [0.15, 0.2) is 0 Å². The number of hydrogen-bond acceptors (Lipinski definition) is 4. The van der Waals surface area contributed by atoms with E-state index < -0.39 is 0 Å². The molecule has 0 fully saturated rings. The highest BCUT2D eigenvalue weighted by Crippen LogP contribution is 2.29. The van der Waals surface area contributed by atoms with Gasteiger partial charge >= 0.3 is 0 Å². The van der Waals surface area contributed by atoms with Crippen molar-refractivity contribution in [3.63, 3.8) is 0 Å². The number of para-hydroxylation sites is 1. The van der Waals surface area contributed by atoms with Crippen LogP contribution in [0.1, 0.15) is 22.3 Å². The van der Waals surface area contributed by atoms with Crippen LogP contribution in [0.4, 0.5) is 5.69 Å². The van der Waals surface area contributed by atoms with Crippen LogP contribution >= 0.6 is 33.9 Å². The number of oxime groups is 1. The van der Waals surface area contributed by atoms with Gasteiger partial charge < -0.3 is 10.1 Å². The predicted octanol–water partition coefficient (Wildman–Crippen LogP) is 3.58. The Kier molecular flexibility index (Phi) is 3.75. The number of anilines is 1. The first-order valence-corrected chi connectivity index (χ1v) is 8.03. The summed E-state index contributed by atoms with van der Waals surface area (Å²) in [6.45, 7) is 0.529. The lowest BCUT2D eigenvalue weighted by molar-refractivity contribution is 0.0987. The minimum absolute atomic E-state index is 0.00592. The number of nitrogens with zero attached hydrogens (tertiary/aromatic N) is 2. The molecule has 1 aliphatic heterocycles. The van der Waals surface area contributed by atoms with Gasteiger partial charge in [0.25, 0.3) is 5.91 Å². The number of carbonyl (C=O) groups is 1. The van der Waals surface area contributed by atoms with Gasteiger partial charge in [0.05, 0.1) is 19.8 Å². The maximum Gasteiger partial charge on any atom is 0.259 e. The van der Waals surface area contributed by atoms with E-state index in [-0.39, 0.29) is 5.91 Å². The van der Waals surface area contributed by atoms with Gasteiger partial charge in [0.2, 0.25) is 0 Å². The summed E-state index contributed by atoms with van der Waals surface area (Å²) in [6, 6.07) is 9.42. The first-order valence-electron chi connectivity index (χ1n) is 6.07. The Morgan fingerprint density at radius 3 is 2.90 bits per heavy atom. The fourth-order valence-electron chi connectivity index (χ4n) is 2.32. The molecule has 2 heterocycles. The summed E-state index contributed by atoms with van der Waals surface area (Å²) in [5.74, 6) is -0.00592. The molecule has 0 radical (unpaired) electrons. The maximum absolute atomic E-state index is 12.6. The molecule has 0 bridgehead atoms. The SMILES string of the molecule is O=C(c1csc(I)c1)N1CCC(=NO)c2ccccc21. The lowest BCUT2D eigenvalue weighted by Crippen LogP contribution is -2.37. The summed E-state index contributed by atoms with van der Waals surface area (Å²) in [4.78, 5) is 14.3. The third kappa shape index (κ3) is 2.33. The average molecular weight is 398 g/mol. The van der Waals surface area contributed by atoms with Gasteiger partial charge in [0.1, 0.15) is 0 Å². The lowest BCUT2D eigenvalue weighted by atomic mass is 9.99. The van der Waals surface area contributed by atoms with Crippen LogP contribution in [0.5, 0.6) is 0 Å². The number of rotatable bonds is 1. The molecule has 6 heteroatoms. The van der Waals surface area contributed by atoms with Crippen LogP contribution in [0.3, 0.4) is 0 Å². The first-order chi connectivity index (χ1) is 9.70. The van der Waals surface area contributed by atoms with Gasteiger partial charge in [-0.05, 0) is 34.7 Å². The third-order valence-electron chi connectivity index (χ3n) is 3.26. The number of fused-ring (bicyclic) bond motifs is 1. The summed E-state index contributed by atoms with van der Waals surface area (Å²) < 4.78 is 1.09. The zero-order valence-electron chi connectivity index (χ0n) is 10.4. The van der Waals surface area contributed by atoms with E-state index in [2.05, 4.69) is 27.7 Å². The summed E-state index contributed by atoms with van der Waals surface area (Å²) in [5, 5.41) is 14.3. The van der Waals surface area contributed by atoms with E-state index in [4.69, 9.17) is 5.21 Å². The van der Waals surface area contributed by atoms with Crippen molar-refractivity contribution < 1.29 is 10.0 Å². The molecular weight excluding hydrogens is 387 g/mol. The van der Waals surface area contributed by atoms with Gasteiger partial charge in [-0.25, -0.2) is 0 Å². The zero-order valence-corrected chi connectivity index (χ0v) is 13.4. The maximum atomic E-state index is 12.6. The third-order valence-corrected chi connectivity index (χ3v) is 5.05. The second-order valence-electron chi connectivity index (χ2n) is 4.41. The van der Waals surface area contributed by atoms with Crippen LogP contribution in [0, 0.1) is 2.88 Å². The second kappa shape index (κ2) is 5.53. The van der Waals surface area contributed by atoms with Gasteiger partial charge in [-0.2, -0.15) is 0 Å². The summed E-state index contributed by atoms with van der Waals surface area (Å²) in [5.41, 5.74) is 2.96. The molecule has 1 amide bonds. The molecule has 1 aromatic carbocycles. The highest BCUT2D eigenvalue weighted by atomic mass is 127. The van der Waals surface area contributed by atoms with Crippen molar-refractivity contribution in [2.24, 2.45) is 5.16 Å². The number of amides is 1. The van der Waals surface area contributed by atoms with Crippen molar-refractivity contribution in [1.29, 1.82) is 0 Å². The number of benzene rings is 1. The molecule has 1 N–H and O–H groups in total. The minimum atomic E-state index is -0.00592. The van der Waals surface area contributed by atoms with E-state index >= 15 is 0 Å². The number of carbonyl (C=O) groups excluding carboxylic acids is 1. The van der Waals surface area contributed by atoms with Crippen molar-refractivity contribution in [1.82, 2.24) is 0 Å². The zero-order chi connectivity index (χ0) is 14.1. The Morgan fingerprint density at radius 2 is 2.20 bits per heavy atom. The minimum Gasteiger partial charge on any atom is -0.411 e. The Labute approximate surface area is 133 Å². The van der Waals surface area contributed by atoms with Crippen molar-refractivity contribution >= 4 is 51.2 Å². The fraction of sp³-hybridized carbons (Fsp3) is 0.143. The molecule has 102 valence electrons. The van der Waals surface area contributed by atoms with E-state index in [1.165, 1.54) is 0 Å². The summed E-state index contributed by atoms with van der Waals surface area (Å²) in [6.07, 6.45) is 0.556. The largest absolute Gasteiger partial charge is 0.411 e. The smallest absolute Gasteiger partial charge is 0.259 e. The molecule has 2 aromatic rings. The molecule has 1 aliphatic rings. The van der Waals surface area contributed by atoms with Gasteiger partial charge in [-0.3, -0.25) is 4.79 Å². The number of halogens is 1. The molecule has 0 unspecified atom stereocenters. The highest BCUT2D eigenvalue weighted by molar-refractivity contribution is 14.1. The number of hydrogen-bond donors (Lipinski definition) is 1. The van der Waals surface area contributed by atoms with Gasteiger partial charge in [-0.15, -0.1) is 11.3 Å². The fourth-order valence-corrected chi connectivity index (χ4v) is 3.64. The van der Waals surface area contributed by atoms with Crippen LogP contribution in [0.2, 0.25) is 0 Å².